The minimum absolute atomic E-state index is 0.219. The summed E-state index contributed by atoms with van der Waals surface area (Å²) in [5, 5.41) is 16.3. The van der Waals surface area contributed by atoms with Gasteiger partial charge in [-0.05, 0) is 0 Å². The second-order valence-electron chi connectivity index (χ2n) is 1.00. The first-order valence-corrected chi connectivity index (χ1v) is 2.26. The van der Waals surface area contributed by atoms with Crippen molar-refractivity contribution >= 4 is 12.6 Å². The standard InChI is InChI=1S/C3H7O2S/c4-1-3(5)2-6/h3-5H,1-2H2. The SMILES string of the molecule is OCC(O)C[S]. The number of rotatable bonds is 2. The van der Waals surface area contributed by atoms with Crippen LogP contribution >= 0.6 is 12.6 Å². The molecule has 2 N–H and O–H groups in total. The van der Waals surface area contributed by atoms with Gasteiger partial charge in [0.2, 0.25) is 0 Å². The highest BCUT2D eigenvalue weighted by Crippen LogP contribution is 1.81. The van der Waals surface area contributed by atoms with Gasteiger partial charge in [-0.2, -0.15) is 0 Å². The van der Waals surface area contributed by atoms with Crippen molar-refractivity contribution in [2.45, 2.75) is 6.10 Å². The van der Waals surface area contributed by atoms with Gasteiger partial charge in [-0.3, -0.25) is 0 Å². The fourth-order valence-corrected chi connectivity index (χ4v) is 0.158. The first kappa shape index (κ1) is 6.27. The van der Waals surface area contributed by atoms with E-state index in [1.165, 1.54) is 0 Å². The largest absolute Gasteiger partial charge is 0.394 e. The summed E-state index contributed by atoms with van der Waals surface area (Å²) < 4.78 is 0. The van der Waals surface area contributed by atoms with Gasteiger partial charge >= 0.3 is 0 Å². The summed E-state index contributed by atoms with van der Waals surface area (Å²) in [5.41, 5.74) is 0. The van der Waals surface area contributed by atoms with Crippen molar-refractivity contribution < 1.29 is 10.2 Å². The molecule has 0 amide bonds. The number of aliphatic hydroxyl groups is 2. The van der Waals surface area contributed by atoms with Crippen molar-refractivity contribution in [3.05, 3.63) is 0 Å². The van der Waals surface area contributed by atoms with Crippen LogP contribution in [0.1, 0.15) is 0 Å². The number of aliphatic hydroxyl groups excluding tert-OH is 2. The van der Waals surface area contributed by atoms with E-state index >= 15 is 0 Å². The van der Waals surface area contributed by atoms with Gasteiger partial charge in [0.15, 0.2) is 0 Å². The van der Waals surface area contributed by atoms with Crippen molar-refractivity contribution in [1.82, 2.24) is 0 Å². The molecule has 0 aliphatic heterocycles. The molecule has 1 radical (unpaired) electrons. The molecule has 0 saturated carbocycles. The fourth-order valence-electron chi connectivity index (χ4n) is 0.0527. The van der Waals surface area contributed by atoms with Crippen molar-refractivity contribution in [2.75, 3.05) is 12.4 Å². The van der Waals surface area contributed by atoms with E-state index in [4.69, 9.17) is 10.2 Å². The van der Waals surface area contributed by atoms with E-state index in [1.54, 1.807) is 0 Å². The summed E-state index contributed by atoms with van der Waals surface area (Å²) in [7, 11) is 0. The maximum atomic E-state index is 8.31. The Kier molecular flexibility index (Phi) is 3.62. The van der Waals surface area contributed by atoms with Crippen LogP contribution in [0, 0.1) is 0 Å². The van der Waals surface area contributed by atoms with Crippen LogP contribution in [-0.4, -0.2) is 28.7 Å². The minimum atomic E-state index is -0.694. The van der Waals surface area contributed by atoms with Crippen LogP contribution in [-0.2, 0) is 0 Å². The van der Waals surface area contributed by atoms with Crippen LogP contribution in [0.4, 0.5) is 0 Å². The van der Waals surface area contributed by atoms with Crippen molar-refractivity contribution in [1.29, 1.82) is 0 Å². The Labute approximate surface area is 42.2 Å². The van der Waals surface area contributed by atoms with Gasteiger partial charge in [0, 0.05) is 5.75 Å². The molecular weight excluding hydrogens is 100 g/mol. The van der Waals surface area contributed by atoms with E-state index in [0.29, 0.717) is 0 Å². The lowest BCUT2D eigenvalue weighted by atomic mass is 10.4. The average molecular weight is 107 g/mol. The summed E-state index contributed by atoms with van der Waals surface area (Å²) in [6.45, 7) is -0.219. The smallest absolute Gasteiger partial charge is 0.0869 e. The van der Waals surface area contributed by atoms with Gasteiger partial charge in [0.05, 0.1) is 12.7 Å². The molecular formula is C3H7O2S. The summed E-state index contributed by atoms with van der Waals surface area (Å²) in [5.74, 6) is 0.219. The Bertz CT molecular complexity index is 28.0. The third-order valence-corrected chi connectivity index (χ3v) is 0.788. The molecule has 0 aromatic heterocycles. The molecule has 3 heteroatoms. The molecule has 0 heterocycles. The van der Waals surface area contributed by atoms with Gasteiger partial charge in [0.25, 0.3) is 0 Å². The number of hydrogen-bond donors (Lipinski definition) is 2. The topological polar surface area (TPSA) is 40.5 Å². The van der Waals surface area contributed by atoms with E-state index in [1.807, 2.05) is 0 Å². The Hall–Kier alpha value is 0.270. The van der Waals surface area contributed by atoms with Crippen molar-refractivity contribution in [2.24, 2.45) is 0 Å². The molecule has 0 fully saturated rings. The zero-order chi connectivity index (χ0) is 4.99. The Balaban J connectivity index is 2.75. The lowest BCUT2D eigenvalue weighted by Gasteiger charge is -1.96. The summed E-state index contributed by atoms with van der Waals surface area (Å²) in [4.78, 5) is 0. The van der Waals surface area contributed by atoms with Gasteiger partial charge < -0.3 is 10.2 Å². The third-order valence-electron chi connectivity index (χ3n) is 0.403. The maximum Gasteiger partial charge on any atom is 0.0869 e. The van der Waals surface area contributed by atoms with Gasteiger partial charge in [-0.15, -0.1) is 0 Å². The quantitative estimate of drug-likeness (QED) is 0.501. The number of hydrogen-bond acceptors (Lipinski definition) is 2. The first-order chi connectivity index (χ1) is 2.81. The van der Waals surface area contributed by atoms with Crippen LogP contribution in [0.25, 0.3) is 0 Å². The van der Waals surface area contributed by atoms with Crippen molar-refractivity contribution in [3.63, 3.8) is 0 Å². The maximum absolute atomic E-state index is 8.31. The van der Waals surface area contributed by atoms with Gasteiger partial charge in [0.1, 0.15) is 0 Å². The monoisotopic (exact) mass is 107 g/mol. The molecule has 2 nitrogen and oxygen atoms in total. The Morgan fingerprint density at radius 1 is 1.67 bits per heavy atom. The summed E-state index contributed by atoms with van der Waals surface area (Å²) in [6.07, 6.45) is -0.694. The Morgan fingerprint density at radius 2 is 2.17 bits per heavy atom. The van der Waals surface area contributed by atoms with E-state index < -0.39 is 6.10 Å². The highest BCUT2D eigenvalue weighted by atomic mass is 32.1. The van der Waals surface area contributed by atoms with E-state index in [0.717, 1.165) is 0 Å². The lowest BCUT2D eigenvalue weighted by molar-refractivity contribution is 0.114. The zero-order valence-corrected chi connectivity index (χ0v) is 4.11. The second kappa shape index (κ2) is 3.46. The minimum Gasteiger partial charge on any atom is -0.394 e. The van der Waals surface area contributed by atoms with Crippen molar-refractivity contribution in [3.8, 4) is 0 Å². The van der Waals surface area contributed by atoms with Gasteiger partial charge in [-0.1, -0.05) is 12.6 Å². The van der Waals surface area contributed by atoms with Gasteiger partial charge in [-0.25, -0.2) is 0 Å². The molecule has 0 rings (SSSR count). The molecule has 0 aliphatic rings. The van der Waals surface area contributed by atoms with Crippen LogP contribution in [0.15, 0.2) is 0 Å². The molecule has 1 unspecified atom stereocenters. The van der Waals surface area contributed by atoms with Crippen LogP contribution in [0.3, 0.4) is 0 Å². The molecule has 0 aliphatic carbocycles. The molecule has 0 bridgehead atoms. The zero-order valence-electron chi connectivity index (χ0n) is 3.29. The average Bonchev–Trinajstić information content (AvgIpc) is 1.65. The highest BCUT2D eigenvalue weighted by Gasteiger charge is 1.93. The molecule has 6 heavy (non-hydrogen) atoms. The lowest BCUT2D eigenvalue weighted by Crippen LogP contribution is -2.12. The third kappa shape index (κ3) is 2.50. The highest BCUT2D eigenvalue weighted by molar-refractivity contribution is 7.80. The second-order valence-corrected chi connectivity index (χ2v) is 1.34. The first-order valence-electron chi connectivity index (χ1n) is 1.68. The van der Waals surface area contributed by atoms with E-state index in [2.05, 4.69) is 12.6 Å². The predicted molar refractivity (Wildman–Crippen MR) is 25.6 cm³/mol. The van der Waals surface area contributed by atoms with E-state index in [9.17, 15) is 0 Å². The molecule has 0 aromatic carbocycles. The fraction of sp³-hybridized carbons (Fsp3) is 1.00. The molecule has 1 atom stereocenters. The predicted octanol–water partition coefficient (Wildman–Crippen LogP) is -0.463. The summed E-state index contributed by atoms with van der Waals surface area (Å²) in [6, 6.07) is 0. The van der Waals surface area contributed by atoms with Crippen LogP contribution in [0.2, 0.25) is 0 Å². The summed E-state index contributed by atoms with van der Waals surface area (Å²) >= 11 is 4.36. The Morgan fingerprint density at radius 3 is 2.17 bits per heavy atom. The van der Waals surface area contributed by atoms with Crippen LogP contribution in [0.5, 0.6) is 0 Å². The molecule has 0 aromatic rings. The molecule has 37 valence electrons. The van der Waals surface area contributed by atoms with E-state index in [-0.39, 0.29) is 12.4 Å². The normalized spacial score (nSPS) is 14.5. The van der Waals surface area contributed by atoms with Crippen LogP contribution < -0.4 is 0 Å². The molecule has 0 saturated heterocycles. The molecule has 0 spiro atoms.